The normalized spacial score (nSPS) is 21.4. The minimum absolute atomic E-state index is 0.00531. The Morgan fingerprint density at radius 1 is 1.32 bits per heavy atom. The van der Waals surface area contributed by atoms with Crippen molar-refractivity contribution in [3.05, 3.63) is 29.8 Å². The predicted octanol–water partition coefficient (Wildman–Crippen LogP) is 1.60. The van der Waals surface area contributed by atoms with Gasteiger partial charge >= 0.3 is 0 Å². The number of aromatic nitrogens is 4. The molecule has 2 aliphatic rings. The molecule has 0 bridgehead atoms. The molecule has 1 aromatic carbocycles. The van der Waals surface area contributed by atoms with Gasteiger partial charge in [-0.3, -0.25) is 4.79 Å². The molecule has 1 amide bonds. The van der Waals surface area contributed by atoms with Crippen molar-refractivity contribution < 1.29 is 9.53 Å². The number of hydrogen-bond acceptors (Lipinski definition) is 6. The first-order valence-corrected chi connectivity index (χ1v) is 8.74. The van der Waals surface area contributed by atoms with E-state index >= 15 is 0 Å². The Balaban J connectivity index is 1.54. The lowest BCUT2D eigenvalue weighted by atomic mass is 9.77. The van der Waals surface area contributed by atoms with Crippen molar-refractivity contribution in [2.75, 3.05) is 5.73 Å². The molecule has 0 saturated heterocycles. The van der Waals surface area contributed by atoms with Crippen LogP contribution in [0.4, 0.5) is 5.95 Å². The number of anilines is 1. The van der Waals surface area contributed by atoms with Gasteiger partial charge in [0.2, 0.25) is 11.9 Å². The van der Waals surface area contributed by atoms with Gasteiger partial charge in [0.25, 0.3) is 0 Å². The number of fused-ring (bicyclic) bond motifs is 1. The quantitative estimate of drug-likeness (QED) is 0.877. The van der Waals surface area contributed by atoms with Crippen molar-refractivity contribution in [2.45, 2.75) is 56.7 Å². The molecular weight excluding hydrogens is 320 g/mol. The number of nitrogens with zero attached hydrogens (tertiary/aromatic N) is 4. The molecule has 4 rings (SSSR count). The van der Waals surface area contributed by atoms with Gasteiger partial charge in [-0.25, -0.2) is 4.68 Å². The van der Waals surface area contributed by atoms with Crippen LogP contribution in [0.2, 0.25) is 0 Å². The van der Waals surface area contributed by atoms with E-state index in [4.69, 9.17) is 10.5 Å². The van der Waals surface area contributed by atoms with Crippen LogP contribution in [-0.4, -0.2) is 31.7 Å². The van der Waals surface area contributed by atoms with Crippen molar-refractivity contribution in [2.24, 2.45) is 0 Å². The van der Waals surface area contributed by atoms with Crippen LogP contribution in [-0.2, 0) is 11.3 Å². The van der Waals surface area contributed by atoms with E-state index in [2.05, 4.69) is 20.8 Å². The highest BCUT2D eigenvalue weighted by molar-refractivity contribution is 5.76. The molecular formula is C17H22N6O2. The van der Waals surface area contributed by atoms with Gasteiger partial charge in [-0.15, -0.1) is 0 Å². The summed E-state index contributed by atoms with van der Waals surface area (Å²) in [6.07, 6.45) is 6.46. The molecule has 1 atom stereocenters. The molecule has 8 nitrogen and oxygen atoms in total. The van der Waals surface area contributed by atoms with E-state index in [-0.39, 0.29) is 30.0 Å². The van der Waals surface area contributed by atoms with Gasteiger partial charge in [0.1, 0.15) is 17.9 Å². The molecule has 1 saturated carbocycles. The number of hydrogen-bond donors (Lipinski definition) is 2. The molecule has 2 heterocycles. The zero-order chi connectivity index (χ0) is 17.3. The third-order valence-corrected chi connectivity index (χ3v) is 5.15. The number of carbonyl (C=O) groups excluding carboxylic acids is 1. The average molecular weight is 342 g/mol. The number of nitrogens with two attached hydrogens (primary N) is 1. The number of amides is 1. The van der Waals surface area contributed by atoms with E-state index in [0.717, 1.165) is 30.6 Å². The van der Waals surface area contributed by atoms with Crippen molar-refractivity contribution in [1.29, 1.82) is 0 Å². The summed E-state index contributed by atoms with van der Waals surface area (Å²) in [4.78, 5) is 12.5. The summed E-state index contributed by atoms with van der Waals surface area (Å²) in [6, 6.07) is 7.87. The monoisotopic (exact) mass is 342 g/mol. The zero-order valence-corrected chi connectivity index (χ0v) is 14.0. The van der Waals surface area contributed by atoms with Crippen LogP contribution in [0.1, 0.15) is 50.1 Å². The molecule has 1 aliphatic carbocycles. The summed E-state index contributed by atoms with van der Waals surface area (Å²) >= 11 is 0. The number of benzene rings is 1. The van der Waals surface area contributed by atoms with Crippen molar-refractivity contribution in [1.82, 2.24) is 25.5 Å². The highest BCUT2D eigenvalue weighted by Crippen LogP contribution is 2.45. The van der Waals surface area contributed by atoms with Gasteiger partial charge in [0.05, 0.1) is 6.04 Å². The van der Waals surface area contributed by atoms with Crippen molar-refractivity contribution >= 4 is 11.9 Å². The molecule has 1 aliphatic heterocycles. The summed E-state index contributed by atoms with van der Waals surface area (Å²) in [5, 5.41) is 13.9. The minimum atomic E-state index is -0.168. The maximum atomic E-state index is 12.5. The topological polar surface area (TPSA) is 108 Å². The summed E-state index contributed by atoms with van der Waals surface area (Å²) < 4.78 is 7.68. The third-order valence-electron chi connectivity index (χ3n) is 5.15. The lowest BCUT2D eigenvalue weighted by Gasteiger charge is -2.44. The SMILES string of the molecule is Nc1nnnn1CC(=O)N[C@H]1CC2(CCCCC2)Oc2ccccc21. The van der Waals surface area contributed by atoms with E-state index in [0.29, 0.717) is 0 Å². The van der Waals surface area contributed by atoms with Gasteiger partial charge in [-0.05, 0) is 42.2 Å². The Kier molecular flexibility index (Phi) is 4.03. The van der Waals surface area contributed by atoms with E-state index in [9.17, 15) is 4.79 Å². The van der Waals surface area contributed by atoms with Crippen molar-refractivity contribution in [3.63, 3.8) is 0 Å². The minimum Gasteiger partial charge on any atom is -0.487 e. The van der Waals surface area contributed by atoms with Crippen LogP contribution in [0.5, 0.6) is 5.75 Å². The molecule has 3 N–H and O–H groups in total. The molecule has 1 aromatic heterocycles. The highest BCUT2D eigenvalue weighted by Gasteiger charge is 2.42. The molecule has 2 aromatic rings. The van der Waals surface area contributed by atoms with Gasteiger partial charge in [-0.1, -0.05) is 29.7 Å². The Morgan fingerprint density at radius 3 is 2.88 bits per heavy atom. The summed E-state index contributed by atoms with van der Waals surface area (Å²) in [5.74, 6) is 0.848. The van der Waals surface area contributed by atoms with E-state index in [1.165, 1.54) is 23.9 Å². The number of nitrogens with one attached hydrogen (secondary N) is 1. The standard InChI is InChI=1S/C17H22N6O2/c18-16-20-21-22-23(16)11-15(24)19-13-10-17(8-4-1-5-9-17)25-14-7-3-2-6-12(13)14/h2-3,6-7,13H,1,4-5,8-11H2,(H,19,24)(H2,18,20,22)/t13-/m0/s1. The van der Waals surface area contributed by atoms with E-state index < -0.39 is 0 Å². The van der Waals surface area contributed by atoms with Crippen LogP contribution < -0.4 is 15.8 Å². The first-order chi connectivity index (χ1) is 12.2. The molecule has 1 spiro atoms. The second-order valence-electron chi connectivity index (χ2n) is 6.90. The molecule has 132 valence electrons. The zero-order valence-electron chi connectivity index (χ0n) is 14.0. The van der Waals surface area contributed by atoms with Gasteiger partial charge < -0.3 is 15.8 Å². The number of rotatable bonds is 3. The predicted molar refractivity (Wildman–Crippen MR) is 90.6 cm³/mol. The average Bonchev–Trinajstić information content (AvgIpc) is 3.00. The first-order valence-electron chi connectivity index (χ1n) is 8.74. The first kappa shape index (κ1) is 15.9. The van der Waals surface area contributed by atoms with Crippen LogP contribution in [0.3, 0.4) is 0 Å². The second-order valence-corrected chi connectivity index (χ2v) is 6.90. The maximum Gasteiger partial charge on any atom is 0.242 e. The van der Waals surface area contributed by atoms with Crippen LogP contribution in [0.25, 0.3) is 0 Å². The van der Waals surface area contributed by atoms with E-state index in [1.807, 2.05) is 24.3 Å². The van der Waals surface area contributed by atoms with Gasteiger partial charge in [0.15, 0.2) is 0 Å². The molecule has 0 radical (unpaired) electrons. The molecule has 8 heteroatoms. The molecule has 1 fully saturated rings. The lowest BCUT2D eigenvalue weighted by molar-refractivity contribution is -0.123. The highest BCUT2D eigenvalue weighted by atomic mass is 16.5. The Bertz CT molecular complexity index is 768. The number of ether oxygens (including phenoxy) is 1. The Morgan fingerprint density at radius 2 is 2.12 bits per heavy atom. The fraction of sp³-hybridized carbons (Fsp3) is 0.529. The van der Waals surface area contributed by atoms with Crippen LogP contribution >= 0.6 is 0 Å². The summed E-state index contributed by atoms with van der Waals surface area (Å²) in [6.45, 7) is 0.00531. The summed E-state index contributed by atoms with van der Waals surface area (Å²) in [7, 11) is 0. The lowest BCUT2D eigenvalue weighted by Crippen LogP contribution is -2.47. The van der Waals surface area contributed by atoms with Gasteiger partial charge in [-0.2, -0.15) is 0 Å². The maximum absolute atomic E-state index is 12.5. The smallest absolute Gasteiger partial charge is 0.242 e. The number of tetrazole rings is 1. The van der Waals surface area contributed by atoms with Crippen LogP contribution in [0.15, 0.2) is 24.3 Å². The largest absolute Gasteiger partial charge is 0.487 e. The fourth-order valence-corrected chi connectivity index (χ4v) is 3.95. The Hall–Kier alpha value is -2.64. The number of nitrogen functional groups attached to an aromatic ring is 1. The van der Waals surface area contributed by atoms with Crippen LogP contribution in [0, 0.1) is 0 Å². The number of para-hydroxylation sites is 1. The van der Waals surface area contributed by atoms with E-state index in [1.54, 1.807) is 0 Å². The van der Waals surface area contributed by atoms with Crippen molar-refractivity contribution in [3.8, 4) is 5.75 Å². The molecule has 0 unspecified atom stereocenters. The summed E-state index contributed by atoms with van der Waals surface area (Å²) in [5.41, 5.74) is 6.49. The Labute approximate surface area is 145 Å². The van der Waals surface area contributed by atoms with Gasteiger partial charge in [0, 0.05) is 12.0 Å². The number of carbonyl (C=O) groups is 1. The second kappa shape index (κ2) is 6.34. The molecule has 25 heavy (non-hydrogen) atoms. The third kappa shape index (κ3) is 3.16. The fourth-order valence-electron chi connectivity index (χ4n) is 3.95.